The van der Waals surface area contributed by atoms with Crippen LogP contribution in [0.3, 0.4) is 0 Å². The predicted octanol–water partition coefficient (Wildman–Crippen LogP) is 5.77. The monoisotopic (exact) mass is 608 g/mol. The van der Waals surface area contributed by atoms with Gasteiger partial charge in [0.2, 0.25) is 11.8 Å². The summed E-state index contributed by atoms with van der Waals surface area (Å²) in [7, 11) is 0. The lowest BCUT2D eigenvalue weighted by molar-refractivity contribution is -0.228. The molecule has 2 saturated heterocycles. The molecule has 2 heterocycles. The van der Waals surface area contributed by atoms with E-state index in [0.29, 0.717) is 38.6 Å². The van der Waals surface area contributed by atoms with Crippen LogP contribution in [0.5, 0.6) is 0 Å². The zero-order valence-electron chi connectivity index (χ0n) is 24.4. The lowest BCUT2D eigenvalue weighted by atomic mass is 9.74. The number of carbonyl (C=O) groups is 2. The van der Waals surface area contributed by atoms with Crippen LogP contribution in [0.2, 0.25) is 0 Å². The van der Waals surface area contributed by atoms with Gasteiger partial charge in [-0.05, 0) is 69.6 Å². The molecule has 0 aromatic rings. The molecule has 3 unspecified atom stereocenters. The summed E-state index contributed by atoms with van der Waals surface area (Å²) >= 11 is 0. The van der Waals surface area contributed by atoms with Crippen molar-refractivity contribution in [3.63, 3.8) is 0 Å². The number of hydrogen-bond donors (Lipinski definition) is 2. The molecule has 42 heavy (non-hydrogen) atoms. The topological polar surface area (TPSA) is 64.7 Å². The number of nitrogens with one attached hydrogen (secondary N) is 2. The highest BCUT2D eigenvalue weighted by Crippen LogP contribution is 2.47. The van der Waals surface area contributed by atoms with Crippen LogP contribution >= 0.6 is 0 Å². The van der Waals surface area contributed by atoms with Crippen molar-refractivity contribution in [2.24, 2.45) is 23.7 Å². The molecule has 12 heteroatoms. The number of hydrogen-bond acceptors (Lipinski definition) is 4. The first kappa shape index (κ1) is 31.9. The van der Waals surface area contributed by atoms with Crippen LogP contribution in [0.15, 0.2) is 0 Å². The highest BCUT2D eigenvalue weighted by Gasteiger charge is 2.54. The molecule has 5 rings (SSSR count). The zero-order valence-corrected chi connectivity index (χ0v) is 24.4. The Morgan fingerprint density at radius 3 is 1.95 bits per heavy atom. The highest BCUT2D eigenvalue weighted by molar-refractivity contribution is 5.88. The Bertz CT molecular complexity index is 917. The van der Waals surface area contributed by atoms with Crippen LogP contribution in [0.25, 0.3) is 0 Å². The third-order valence-electron chi connectivity index (χ3n) is 11.1. The van der Waals surface area contributed by atoms with E-state index in [-0.39, 0.29) is 24.3 Å². The van der Waals surface area contributed by atoms with Gasteiger partial charge in [-0.15, -0.1) is 0 Å². The number of piperidine rings is 1. The van der Waals surface area contributed by atoms with Crippen molar-refractivity contribution in [3.05, 3.63) is 0 Å². The maximum Gasteiger partial charge on any atom is 0.391 e. The normalized spacial score (nSPS) is 31.7. The van der Waals surface area contributed by atoms with E-state index in [4.69, 9.17) is 0 Å². The van der Waals surface area contributed by atoms with Gasteiger partial charge in [0, 0.05) is 25.7 Å². The molecule has 3 atom stereocenters. The Hall–Kier alpha value is -1.56. The van der Waals surface area contributed by atoms with Crippen molar-refractivity contribution in [1.29, 1.82) is 0 Å². The van der Waals surface area contributed by atoms with E-state index >= 15 is 0 Å². The second-order valence-corrected chi connectivity index (χ2v) is 13.6. The Kier molecular flexibility index (Phi) is 9.72. The van der Waals surface area contributed by atoms with Gasteiger partial charge in [-0.1, -0.05) is 38.5 Å². The molecular formula is C30H46F6N4O2. The summed E-state index contributed by atoms with van der Waals surface area (Å²) in [6.07, 6.45) is 0.595. The van der Waals surface area contributed by atoms with E-state index in [1.54, 1.807) is 0 Å². The molecule has 0 aromatic heterocycles. The van der Waals surface area contributed by atoms with Gasteiger partial charge in [-0.25, -0.2) is 0 Å². The number of alkyl halides is 6. The summed E-state index contributed by atoms with van der Waals surface area (Å²) < 4.78 is 81.0. The van der Waals surface area contributed by atoms with E-state index in [1.165, 1.54) is 6.42 Å². The van der Waals surface area contributed by atoms with E-state index in [9.17, 15) is 35.9 Å². The van der Waals surface area contributed by atoms with Crippen molar-refractivity contribution in [3.8, 4) is 0 Å². The fourth-order valence-electron chi connectivity index (χ4n) is 8.78. The number of nitrogens with zero attached hydrogens (tertiary/aromatic N) is 2. The molecule has 0 aromatic carbocycles. The van der Waals surface area contributed by atoms with Crippen LogP contribution in [0.4, 0.5) is 26.3 Å². The maximum atomic E-state index is 13.7. The smallest absolute Gasteiger partial charge is 0.354 e. The standard InChI is InChI=1S/C30H46F6N4O2/c31-29(32,33)22-15-20(16-23(17-22)30(34,35)36)18-37-26(41)25(21-7-3-1-4-8-21)39-13-11-28(12-14-39)27(42)38-19-40(28)24-9-5-2-6-10-24/h20-25H,1-19H2,(H,37,41)(H,38,42). The van der Waals surface area contributed by atoms with Crippen molar-refractivity contribution in [1.82, 2.24) is 20.4 Å². The molecule has 0 bridgehead atoms. The fraction of sp³-hybridized carbons (Fsp3) is 0.933. The Morgan fingerprint density at radius 1 is 0.857 bits per heavy atom. The molecule has 2 aliphatic heterocycles. The molecule has 3 aliphatic carbocycles. The summed E-state index contributed by atoms with van der Waals surface area (Å²) in [6, 6.07) is -0.117. The fourth-order valence-corrected chi connectivity index (χ4v) is 8.78. The van der Waals surface area contributed by atoms with E-state index in [1.807, 2.05) is 0 Å². The van der Waals surface area contributed by atoms with Crippen molar-refractivity contribution in [2.75, 3.05) is 26.3 Å². The number of carbonyl (C=O) groups excluding carboxylic acids is 2. The second-order valence-electron chi connectivity index (χ2n) is 13.6. The SMILES string of the molecule is O=C(NCC1CC(C(F)(F)F)CC(C(F)(F)F)C1)C(C1CCCCC1)N1CCC2(CC1)C(=O)NCN2C1CCCCC1. The Morgan fingerprint density at radius 2 is 1.40 bits per heavy atom. The minimum atomic E-state index is -4.70. The first-order valence-electron chi connectivity index (χ1n) is 16.1. The zero-order chi connectivity index (χ0) is 30.1. The first-order valence-corrected chi connectivity index (χ1v) is 16.1. The van der Waals surface area contributed by atoms with Gasteiger partial charge in [-0.3, -0.25) is 19.4 Å². The molecule has 2 N–H and O–H groups in total. The molecular weight excluding hydrogens is 562 g/mol. The molecule has 5 aliphatic rings. The lowest BCUT2D eigenvalue weighted by Gasteiger charge is -2.48. The van der Waals surface area contributed by atoms with Gasteiger partial charge in [0.15, 0.2) is 0 Å². The minimum Gasteiger partial charge on any atom is -0.354 e. The van der Waals surface area contributed by atoms with Crippen LogP contribution in [0, 0.1) is 23.7 Å². The summed E-state index contributed by atoms with van der Waals surface area (Å²) in [5.74, 6) is -5.08. The summed E-state index contributed by atoms with van der Waals surface area (Å²) in [5.41, 5.74) is -0.576. The highest BCUT2D eigenvalue weighted by atomic mass is 19.4. The molecule has 3 saturated carbocycles. The largest absolute Gasteiger partial charge is 0.391 e. The van der Waals surface area contributed by atoms with Gasteiger partial charge >= 0.3 is 12.4 Å². The minimum absolute atomic E-state index is 0.0575. The number of likely N-dealkylation sites (tertiary alicyclic amines) is 1. The summed E-state index contributed by atoms with van der Waals surface area (Å²) in [4.78, 5) is 31.4. The number of rotatable bonds is 6. The van der Waals surface area contributed by atoms with Gasteiger partial charge in [0.05, 0.1) is 24.5 Å². The second kappa shape index (κ2) is 12.8. The molecule has 5 fully saturated rings. The summed E-state index contributed by atoms with van der Waals surface area (Å²) in [6.45, 7) is 1.48. The quantitative estimate of drug-likeness (QED) is 0.376. The van der Waals surface area contributed by atoms with Crippen molar-refractivity contribution >= 4 is 11.8 Å². The molecule has 0 radical (unpaired) electrons. The van der Waals surface area contributed by atoms with Crippen molar-refractivity contribution < 1.29 is 35.9 Å². The molecule has 240 valence electrons. The van der Waals surface area contributed by atoms with Crippen LogP contribution < -0.4 is 10.6 Å². The molecule has 6 nitrogen and oxygen atoms in total. The first-order chi connectivity index (χ1) is 19.9. The van der Waals surface area contributed by atoms with Crippen LogP contribution in [0.1, 0.15) is 96.3 Å². The lowest BCUT2D eigenvalue weighted by Crippen LogP contribution is -2.62. The average molecular weight is 609 g/mol. The van der Waals surface area contributed by atoms with E-state index in [2.05, 4.69) is 20.4 Å². The Labute approximate surface area is 244 Å². The Balaban J connectivity index is 1.26. The van der Waals surface area contributed by atoms with Gasteiger partial charge in [-0.2, -0.15) is 26.3 Å². The molecule has 1 spiro atoms. The summed E-state index contributed by atoms with van der Waals surface area (Å²) in [5, 5.41) is 5.89. The average Bonchev–Trinajstić information content (AvgIpc) is 3.28. The third-order valence-corrected chi connectivity index (χ3v) is 11.1. The maximum absolute atomic E-state index is 13.7. The van der Waals surface area contributed by atoms with Crippen molar-refractivity contribution in [2.45, 2.75) is 126 Å². The van der Waals surface area contributed by atoms with Crippen LogP contribution in [-0.2, 0) is 9.59 Å². The van der Waals surface area contributed by atoms with E-state index < -0.39 is 60.9 Å². The number of amides is 2. The van der Waals surface area contributed by atoms with E-state index in [0.717, 1.165) is 57.8 Å². The van der Waals surface area contributed by atoms with Gasteiger partial charge < -0.3 is 10.6 Å². The van der Waals surface area contributed by atoms with Gasteiger partial charge in [0.1, 0.15) is 5.54 Å². The third kappa shape index (κ3) is 6.89. The predicted molar refractivity (Wildman–Crippen MR) is 145 cm³/mol. The number of halogens is 6. The van der Waals surface area contributed by atoms with Gasteiger partial charge in [0.25, 0.3) is 0 Å². The van der Waals surface area contributed by atoms with Crippen LogP contribution in [-0.4, -0.2) is 77.9 Å². The molecule has 2 amide bonds.